The number of anilines is 1. The summed E-state index contributed by atoms with van der Waals surface area (Å²) in [6.45, 7) is 3.60. The molecule has 2 aromatic carbocycles. The molecule has 0 saturated carbocycles. The van der Waals surface area contributed by atoms with Crippen LogP contribution in [0.1, 0.15) is 50.0 Å². The molecule has 1 aliphatic heterocycles. The zero-order chi connectivity index (χ0) is 24.1. The minimum atomic E-state index is -0.806. The molecule has 0 saturated heterocycles. The number of hydrogen-bond donors (Lipinski definition) is 0. The first-order valence-corrected chi connectivity index (χ1v) is 12.3. The molecule has 3 heterocycles. The standard InChI is InChI=1S/C24H16BrClN2O5S/c1-3-32-23(31)21-11(2)27-24(34-21)28-18(12-4-7-14(26)8-5-12)17-19(29)15-10-13(25)6-9-16(15)33-20(17)22(28)30/h4-10,18H,3H2,1-2H3. The Bertz CT molecular complexity index is 1530. The number of nitrogens with zero attached hydrogens (tertiary/aromatic N) is 2. The Morgan fingerprint density at radius 3 is 2.68 bits per heavy atom. The van der Waals surface area contributed by atoms with Crippen LogP contribution in [0.25, 0.3) is 11.0 Å². The Balaban J connectivity index is 1.75. The summed E-state index contributed by atoms with van der Waals surface area (Å²) in [4.78, 5) is 45.8. The zero-order valence-electron chi connectivity index (χ0n) is 17.9. The van der Waals surface area contributed by atoms with E-state index in [1.54, 1.807) is 56.3 Å². The molecule has 0 spiro atoms. The van der Waals surface area contributed by atoms with Crippen molar-refractivity contribution in [3.05, 3.63) is 89.6 Å². The first kappa shape index (κ1) is 22.8. The van der Waals surface area contributed by atoms with E-state index in [4.69, 9.17) is 20.8 Å². The number of amides is 1. The van der Waals surface area contributed by atoms with Gasteiger partial charge in [0.2, 0.25) is 5.76 Å². The topological polar surface area (TPSA) is 89.7 Å². The first-order valence-electron chi connectivity index (χ1n) is 10.3. The highest BCUT2D eigenvalue weighted by Gasteiger charge is 2.45. The highest BCUT2D eigenvalue weighted by atomic mass is 79.9. The molecule has 0 bridgehead atoms. The highest BCUT2D eigenvalue weighted by Crippen LogP contribution is 2.43. The summed E-state index contributed by atoms with van der Waals surface area (Å²) >= 11 is 10.5. The molecule has 0 aliphatic carbocycles. The zero-order valence-corrected chi connectivity index (χ0v) is 21.1. The molecule has 1 unspecified atom stereocenters. The van der Waals surface area contributed by atoms with Gasteiger partial charge in [0.1, 0.15) is 10.5 Å². The molecule has 5 rings (SSSR count). The third-order valence-electron chi connectivity index (χ3n) is 5.47. The Kier molecular flexibility index (Phi) is 5.79. The van der Waals surface area contributed by atoms with Crippen LogP contribution in [-0.2, 0) is 4.74 Å². The van der Waals surface area contributed by atoms with E-state index < -0.39 is 17.9 Å². The number of carbonyl (C=O) groups is 2. The maximum atomic E-state index is 13.6. The smallest absolute Gasteiger partial charge is 0.350 e. The molecule has 7 nitrogen and oxygen atoms in total. The molecule has 1 aliphatic rings. The van der Waals surface area contributed by atoms with Crippen LogP contribution >= 0.6 is 38.9 Å². The van der Waals surface area contributed by atoms with Crippen molar-refractivity contribution in [1.82, 2.24) is 4.98 Å². The largest absolute Gasteiger partial charge is 0.462 e. The second-order valence-corrected chi connectivity index (χ2v) is 9.90. The van der Waals surface area contributed by atoms with Crippen LogP contribution in [0.4, 0.5) is 5.13 Å². The Hall–Kier alpha value is -3.01. The van der Waals surface area contributed by atoms with E-state index in [1.165, 1.54) is 4.90 Å². The first-order chi connectivity index (χ1) is 16.3. The van der Waals surface area contributed by atoms with Gasteiger partial charge < -0.3 is 9.15 Å². The van der Waals surface area contributed by atoms with Crippen LogP contribution in [0, 0.1) is 6.92 Å². The van der Waals surface area contributed by atoms with Crippen LogP contribution in [-0.4, -0.2) is 23.5 Å². The number of fused-ring (bicyclic) bond motifs is 2. The molecule has 0 radical (unpaired) electrons. The van der Waals surface area contributed by atoms with E-state index in [2.05, 4.69) is 20.9 Å². The molecule has 4 aromatic rings. The van der Waals surface area contributed by atoms with Crippen LogP contribution in [0.15, 0.2) is 56.1 Å². The lowest BCUT2D eigenvalue weighted by Gasteiger charge is -2.22. The predicted octanol–water partition coefficient (Wildman–Crippen LogP) is 5.90. The summed E-state index contributed by atoms with van der Waals surface area (Å²) in [6, 6.07) is 11.1. The molecule has 2 aromatic heterocycles. The number of halogens is 2. The van der Waals surface area contributed by atoms with Gasteiger partial charge in [-0.3, -0.25) is 14.5 Å². The van der Waals surface area contributed by atoms with Crippen molar-refractivity contribution in [1.29, 1.82) is 0 Å². The van der Waals surface area contributed by atoms with Gasteiger partial charge in [0.25, 0.3) is 5.91 Å². The molecule has 0 N–H and O–H groups in total. The minimum absolute atomic E-state index is 0.0506. The van der Waals surface area contributed by atoms with Gasteiger partial charge in [-0.2, -0.15) is 0 Å². The van der Waals surface area contributed by atoms with Crippen LogP contribution < -0.4 is 10.3 Å². The van der Waals surface area contributed by atoms with Crippen molar-refractivity contribution in [3.8, 4) is 0 Å². The number of esters is 1. The number of rotatable bonds is 4. The van der Waals surface area contributed by atoms with Crippen LogP contribution in [0.5, 0.6) is 0 Å². The van der Waals surface area contributed by atoms with Gasteiger partial charge in [-0.25, -0.2) is 9.78 Å². The molecule has 0 fully saturated rings. The Morgan fingerprint density at radius 2 is 1.97 bits per heavy atom. The Morgan fingerprint density at radius 1 is 1.24 bits per heavy atom. The predicted molar refractivity (Wildman–Crippen MR) is 133 cm³/mol. The van der Waals surface area contributed by atoms with Gasteiger partial charge in [0, 0.05) is 9.50 Å². The quantitative estimate of drug-likeness (QED) is 0.289. The second-order valence-electron chi connectivity index (χ2n) is 7.58. The van der Waals surface area contributed by atoms with Crippen molar-refractivity contribution in [3.63, 3.8) is 0 Å². The van der Waals surface area contributed by atoms with Crippen molar-refractivity contribution < 1.29 is 18.7 Å². The fraction of sp³-hybridized carbons (Fsp3) is 0.167. The number of thiazole rings is 1. The van der Waals surface area contributed by atoms with E-state index >= 15 is 0 Å². The SMILES string of the molecule is CCOC(=O)c1sc(N2C(=O)c3oc4ccc(Br)cc4c(=O)c3C2c2ccc(Cl)cc2)nc1C. The Labute approximate surface area is 211 Å². The highest BCUT2D eigenvalue weighted by molar-refractivity contribution is 9.10. The van der Waals surface area contributed by atoms with Gasteiger partial charge in [0.05, 0.1) is 29.3 Å². The number of ether oxygens (including phenoxy) is 1. The summed E-state index contributed by atoms with van der Waals surface area (Å²) in [5.74, 6) is -1.08. The lowest BCUT2D eigenvalue weighted by molar-refractivity contribution is 0.0531. The molecule has 1 atom stereocenters. The summed E-state index contributed by atoms with van der Waals surface area (Å²) in [7, 11) is 0. The van der Waals surface area contributed by atoms with E-state index in [0.29, 0.717) is 36.6 Å². The van der Waals surface area contributed by atoms with Crippen molar-refractivity contribution in [2.75, 3.05) is 11.5 Å². The summed E-state index contributed by atoms with van der Waals surface area (Å²) in [6.07, 6.45) is 0. The number of benzene rings is 2. The number of hydrogen-bond acceptors (Lipinski definition) is 7. The van der Waals surface area contributed by atoms with E-state index in [0.717, 1.165) is 11.3 Å². The fourth-order valence-electron chi connectivity index (χ4n) is 3.97. The average molecular weight is 560 g/mol. The molecule has 1 amide bonds. The third kappa shape index (κ3) is 3.64. The van der Waals surface area contributed by atoms with Gasteiger partial charge in [-0.05, 0) is 49.7 Å². The fourth-order valence-corrected chi connectivity index (χ4v) is 5.45. The van der Waals surface area contributed by atoms with E-state index in [-0.39, 0.29) is 28.5 Å². The lowest BCUT2D eigenvalue weighted by atomic mass is 9.99. The molecule has 10 heteroatoms. The van der Waals surface area contributed by atoms with Crippen LogP contribution in [0.3, 0.4) is 0 Å². The van der Waals surface area contributed by atoms with Crippen LogP contribution in [0.2, 0.25) is 5.02 Å². The lowest BCUT2D eigenvalue weighted by Crippen LogP contribution is -2.29. The summed E-state index contributed by atoms with van der Waals surface area (Å²) in [5, 5.41) is 1.13. The third-order valence-corrected chi connectivity index (χ3v) is 7.35. The number of carbonyl (C=O) groups excluding carboxylic acids is 2. The molecule has 34 heavy (non-hydrogen) atoms. The van der Waals surface area contributed by atoms with Crippen molar-refractivity contribution >= 4 is 66.8 Å². The van der Waals surface area contributed by atoms with Gasteiger partial charge in [-0.1, -0.05) is 51.0 Å². The second kappa shape index (κ2) is 8.65. The minimum Gasteiger partial charge on any atom is -0.462 e. The van der Waals surface area contributed by atoms with Crippen molar-refractivity contribution in [2.24, 2.45) is 0 Å². The maximum absolute atomic E-state index is 13.6. The van der Waals surface area contributed by atoms with Crippen molar-refractivity contribution in [2.45, 2.75) is 19.9 Å². The molecule has 172 valence electrons. The van der Waals surface area contributed by atoms with Gasteiger partial charge in [-0.15, -0.1) is 0 Å². The van der Waals surface area contributed by atoms with E-state index in [1.807, 2.05) is 0 Å². The molecular formula is C24H16BrClN2O5S. The maximum Gasteiger partial charge on any atom is 0.350 e. The number of aryl methyl sites for hydroxylation is 1. The normalized spacial score (nSPS) is 15.1. The number of aromatic nitrogens is 1. The molecular weight excluding hydrogens is 544 g/mol. The van der Waals surface area contributed by atoms with Gasteiger partial charge >= 0.3 is 5.97 Å². The monoisotopic (exact) mass is 558 g/mol. The summed E-state index contributed by atoms with van der Waals surface area (Å²) < 4.78 is 11.8. The summed E-state index contributed by atoms with van der Waals surface area (Å²) in [5.41, 5.74) is 1.30. The van der Waals surface area contributed by atoms with Gasteiger partial charge in [0.15, 0.2) is 10.6 Å². The average Bonchev–Trinajstić information content (AvgIpc) is 3.33. The van der Waals surface area contributed by atoms with E-state index in [9.17, 15) is 14.4 Å².